The fourth-order valence-corrected chi connectivity index (χ4v) is 3.01. The molecular formula is C12H17IN4O4S. The van der Waals surface area contributed by atoms with Crippen LogP contribution in [0.25, 0.3) is 0 Å². The van der Waals surface area contributed by atoms with Crippen LogP contribution in [0, 0.1) is 10.1 Å². The van der Waals surface area contributed by atoms with Crippen LogP contribution in [0.3, 0.4) is 0 Å². The Balaban J connectivity index is 0.00000242. The lowest BCUT2D eigenvalue weighted by atomic mass is 10.3. The van der Waals surface area contributed by atoms with Gasteiger partial charge in [-0.15, -0.1) is 24.0 Å². The Morgan fingerprint density at radius 1 is 1.32 bits per heavy atom. The van der Waals surface area contributed by atoms with E-state index in [0.717, 1.165) is 19.5 Å². The fourth-order valence-electron chi connectivity index (χ4n) is 1.85. The van der Waals surface area contributed by atoms with E-state index in [1.54, 1.807) is 0 Å². The predicted molar refractivity (Wildman–Crippen MR) is 93.5 cm³/mol. The smallest absolute Gasteiger partial charge is 0.269 e. The molecule has 0 unspecified atom stereocenters. The second-order valence-corrected chi connectivity index (χ2v) is 6.62. The zero-order valence-corrected chi connectivity index (χ0v) is 14.8. The van der Waals surface area contributed by atoms with Gasteiger partial charge in [-0.2, -0.15) is 0 Å². The highest BCUT2D eigenvalue weighted by Crippen LogP contribution is 2.16. The SMILES string of the molecule is I.O=[N+]([O-])c1ccc(S(=O)(=O)CCNC2=NCCCN2)cc1. The first-order valence-electron chi connectivity index (χ1n) is 6.48. The number of benzene rings is 1. The van der Waals surface area contributed by atoms with Crippen molar-refractivity contribution in [3.63, 3.8) is 0 Å². The number of hydrogen-bond acceptors (Lipinski definition) is 7. The van der Waals surface area contributed by atoms with Crippen molar-refractivity contribution < 1.29 is 13.3 Å². The van der Waals surface area contributed by atoms with Gasteiger partial charge in [0.2, 0.25) is 0 Å². The molecule has 2 N–H and O–H groups in total. The van der Waals surface area contributed by atoms with E-state index in [-0.39, 0.29) is 46.9 Å². The van der Waals surface area contributed by atoms with Crippen LogP contribution in [0.2, 0.25) is 0 Å². The van der Waals surface area contributed by atoms with Gasteiger partial charge in [0.05, 0.1) is 15.6 Å². The summed E-state index contributed by atoms with van der Waals surface area (Å²) in [5, 5.41) is 16.5. The highest BCUT2D eigenvalue weighted by molar-refractivity contribution is 14.0. The van der Waals surface area contributed by atoms with E-state index >= 15 is 0 Å². The van der Waals surface area contributed by atoms with Gasteiger partial charge in [-0.3, -0.25) is 15.1 Å². The zero-order chi connectivity index (χ0) is 15.3. The monoisotopic (exact) mass is 440 g/mol. The quantitative estimate of drug-likeness (QED) is 0.400. The topological polar surface area (TPSA) is 114 Å². The number of aliphatic imine (C=N–C) groups is 1. The van der Waals surface area contributed by atoms with Crippen LogP contribution in [-0.2, 0) is 9.84 Å². The number of nitro benzene ring substituents is 1. The first kappa shape index (κ1) is 18.6. The molecule has 1 aliphatic heterocycles. The van der Waals surface area contributed by atoms with Gasteiger partial charge in [-0.05, 0) is 18.6 Å². The third kappa shape index (κ3) is 5.09. The summed E-state index contributed by atoms with van der Waals surface area (Å²) in [5.41, 5.74) is -0.132. The lowest BCUT2D eigenvalue weighted by molar-refractivity contribution is -0.384. The number of guanidine groups is 1. The average molecular weight is 440 g/mol. The van der Waals surface area contributed by atoms with Crippen LogP contribution in [-0.4, -0.2) is 44.7 Å². The Kier molecular flexibility index (Phi) is 7.00. The average Bonchev–Trinajstić information content (AvgIpc) is 2.48. The maximum Gasteiger partial charge on any atom is 0.269 e. The third-order valence-corrected chi connectivity index (χ3v) is 4.70. The van der Waals surface area contributed by atoms with Crippen LogP contribution in [0.1, 0.15) is 6.42 Å². The highest BCUT2D eigenvalue weighted by atomic mass is 127. The number of nitro groups is 1. The van der Waals surface area contributed by atoms with E-state index in [1.807, 2.05) is 0 Å². The van der Waals surface area contributed by atoms with Crippen molar-refractivity contribution in [2.24, 2.45) is 4.99 Å². The number of nitrogens with one attached hydrogen (secondary N) is 2. The minimum atomic E-state index is -3.47. The Morgan fingerprint density at radius 2 is 2.00 bits per heavy atom. The maximum absolute atomic E-state index is 12.1. The fraction of sp³-hybridized carbons (Fsp3) is 0.417. The summed E-state index contributed by atoms with van der Waals surface area (Å²) < 4.78 is 24.2. The van der Waals surface area contributed by atoms with Crippen LogP contribution in [0.15, 0.2) is 34.2 Å². The van der Waals surface area contributed by atoms with E-state index in [2.05, 4.69) is 15.6 Å². The van der Waals surface area contributed by atoms with Crippen molar-refractivity contribution >= 4 is 45.5 Å². The van der Waals surface area contributed by atoms with Gasteiger partial charge in [-0.1, -0.05) is 0 Å². The number of non-ortho nitro benzene ring substituents is 1. The van der Waals surface area contributed by atoms with Crippen molar-refractivity contribution in [1.82, 2.24) is 10.6 Å². The van der Waals surface area contributed by atoms with Crippen molar-refractivity contribution in [2.75, 3.05) is 25.4 Å². The van der Waals surface area contributed by atoms with Crippen molar-refractivity contribution in [3.8, 4) is 0 Å². The van der Waals surface area contributed by atoms with Crippen LogP contribution in [0.5, 0.6) is 0 Å². The Morgan fingerprint density at radius 3 is 2.55 bits per heavy atom. The Hall–Kier alpha value is -1.43. The molecule has 1 aromatic rings. The number of rotatable bonds is 5. The normalized spacial score (nSPS) is 14.3. The zero-order valence-electron chi connectivity index (χ0n) is 11.7. The molecule has 1 aromatic carbocycles. The van der Waals surface area contributed by atoms with Crippen molar-refractivity contribution in [1.29, 1.82) is 0 Å². The van der Waals surface area contributed by atoms with Gasteiger partial charge in [0.1, 0.15) is 0 Å². The van der Waals surface area contributed by atoms with Gasteiger partial charge >= 0.3 is 0 Å². The minimum absolute atomic E-state index is 0. The lowest BCUT2D eigenvalue weighted by Crippen LogP contribution is -2.42. The molecule has 1 heterocycles. The molecule has 0 aromatic heterocycles. The van der Waals surface area contributed by atoms with Crippen LogP contribution < -0.4 is 10.6 Å². The second-order valence-electron chi connectivity index (χ2n) is 4.51. The molecule has 0 amide bonds. The maximum atomic E-state index is 12.1. The van der Waals surface area contributed by atoms with Gasteiger partial charge < -0.3 is 10.6 Å². The largest absolute Gasteiger partial charge is 0.356 e. The second kappa shape index (κ2) is 8.27. The molecule has 0 bridgehead atoms. The molecular weight excluding hydrogens is 423 g/mol. The summed E-state index contributed by atoms with van der Waals surface area (Å²) in [6.07, 6.45) is 0.965. The molecule has 22 heavy (non-hydrogen) atoms. The third-order valence-electron chi connectivity index (χ3n) is 2.97. The van der Waals surface area contributed by atoms with E-state index in [9.17, 15) is 18.5 Å². The molecule has 0 fully saturated rings. The molecule has 0 saturated carbocycles. The molecule has 2 rings (SSSR count). The molecule has 0 spiro atoms. The summed E-state index contributed by atoms with van der Waals surface area (Å²) in [6, 6.07) is 4.88. The molecule has 122 valence electrons. The number of sulfone groups is 1. The first-order chi connectivity index (χ1) is 9.99. The number of halogens is 1. The van der Waals surface area contributed by atoms with Crippen LogP contribution >= 0.6 is 24.0 Å². The molecule has 10 heteroatoms. The van der Waals surface area contributed by atoms with Crippen molar-refractivity contribution in [3.05, 3.63) is 34.4 Å². The number of nitrogens with zero attached hydrogens (tertiary/aromatic N) is 2. The Labute approximate surface area is 145 Å². The molecule has 0 saturated heterocycles. The van der Waals surface area contributed by atoms with E-state index in [0.29, 0.717) is 5.96 Å². The van der Waals surface area contributed by atoms with E-state index in [1.165, 1.54) is 24.3 Å². The van der Waals surface area contributed by atoms with Gasteiger partial charge in [-0.25, -0.2) is 8.42 Å². The van der Waals surface area contributed by atoms with Crippen molar-refractivity contribution in [2.45, 2.75) is 11.3 Å². The molecule has 0 aliphatic carbocycles. The lowest BCUT2D eigenvalue weighted by Gasteiger charge is -2.15. The minimum Gasteiger partial charge on any atom is -0.356 e. The van der Waals surface area contributed by atoms with Gasteiger partial charge in [0.25, 0.3) is 5.69 Å². The van der Waals surface area contributed by atoms with Gasteiger partial charge in [0.15, 0.2) is 15.8 Å². The summed E-state index contributed by atoms with van der Waals surface area (Å²) >= 11 is 0. The standard InChI is InChI=1S/C12H16N4O4S.HI/c17-16(18)10-2-4-11(5-3-10)21(19,20)9-8-15-12-13-6-1-7-14-12;/h2-5H,1,6-9H2,(H2,13,14,15);1H. The summed E-state index contributed by atoms with van der Waals surface area (Å²) in [4.78, 5) is 14.2. The summed E-state index contributed by atoms with van der Waals surface area (Å²) in [6.45, 7) is 1.77. The molecule has 1 aliphatic rings. The summed E-state index contributed by atoms with van der Waals surface area (Å²) in [7, 11) is -3.47. The first-order valence-corrected chi connectivity index (χ1v) is 8.14. The summed E-state index contributed by atoms with van der Waals surface area (Å²) in [5.74, 6) is 0.506. The molecule has 0 atom stereocenters. The Bertz CT molecular complexity index is 646. The highest BCUT2D eigenvalue weighted by Gasteiger charge is 2.16. The van der Waals surface area contributed by atoms with E-state index in [4.69, 9.17) is 0 Å². The van der Waals surface area contributed by atoms with Crippen LogP contribution in [0.4, 0.5) is 5.69 Å². The van der Waals surface area contributed by atoms with E-state index < -0.39 is 14.8 Å². The predicted octanol–water partition coefficient (Wildman–Crippen LogP) is 0.925. The molecule has 0 radical (unpaired) electrons. The molecule has 8 nitrogen and oxygen atoms in total. The number of hydrogen-bond donors (Lipinski definition) is 2. The van der Waals surface area contributed by atoms with Gasteiger partial charge in [0, 0.05) is 31.8 Å².